The van der Waals surface area contributed by atoms with Crippen LogP contribution in [0.3, 0.4) is 0 Å². The van der Waals surface area contributed by atoms with Crippen molar-refractivity contribution in [2.24, 2.45) is 0 Å². The van der Waals surface area contributed by atoms with Gasteiger partial charge in [-0.25, -0.2) is 19.2 Å². The molecule has 0 radical (unpaired) electrons. The highest BCUT2D eigenvalue weighted by Gasteiger charge is 2.28. The predicted octanol–water partition coefficient (Wildman–Crippen LogP) is 31.3. The van der Waals surface area contributed by atoms with Gasteiger partial charge in [-0.1, -0.05) is 208 Å². The number of benzene rings is 10. The molecule has 0 spiro atoms. The first kappa shape index (κ1) is 103. The van der Waals surface area contributed by atoms with E-state index in [1.807, 2.05) is 182 Å². The number of thiol groups is 6. The van der Waals surface area contributed by atoms with Gasteiger partial charge in [-0.15, -0.1) is 72.9 Å². The fourth-order valence-corrected chi connectivity index (χ4v) is 21.8. The largest absolute Gasteiger partial charge is 0.508 e. The summed E-state index contributed by atoms with van der Waals surface area (Å²) < 4.78 is 34.3. The van der Waals surface area contributed by atoms with Crippen LogP contribution in [-0.4, -0.2) is 46.9 Å². The number of esters is 1. The Morgan fingerprint density at radius 2 is 0.545 bits per heavy atom. The van der Waals surface area contributed by atoms with Crippen molar-refractivity contribution in [1.29, 1.82) is 0 Å². The Morgan fingerprint density at radius 1 is 0.273 bits per heavy atom. The first-order valence-corrected chi connectivity index (χ1v) is 53.5. The highest BCUT2D eigenvalue weighted by molar-refractivity contribution is 8.69. The normalized spacial score (nSPS) is 10.9. The summed E-state index contributed by atoms with van der Waals surface area (Å²) in [5.74, 6) is 0.745. The molecule has 18 nitrogen and oxygen atoms in total. The van der Waals surface area contributed by atoms with Crippen molar-refractivity contribution in [1.82, 2.24) is 0 Å². The highest BCUT2D eigenvalue weighted by Crippen LogP contribution is 2.47. The maximum Gasteiger partial charge on any atom is 0.344 e. The summed E-state index contributed by atoms with van der Waals surface area (Å²) in [6.45, 7) is 0. The Morgan fingerprint density at radius 3 is 0.853 bits per heavy atom. The van der Waals surface area contributed by atoms with E-state index in [0.29, 0.717) is 140 Å². The van der Waals surface area contributed by atoms with Crippen LogP contribution in [0.25, 0.3) is 112 Å². The molecule has 2 aromatic heterocycles. The standard InChI is InChI=1S/2C22H14O4S3.C22H14O4S2.C22H14O3S4.C22H14O3S3/c23-21(14-6-8-15(27)9-7-14)26-18-12-17-16(10-11-19(18)29-28)20(22(24)25-17)13-4-2-1-3-5-13;23-15-8-6-14(7-9-15)22(25)28-19-12-17-16(10-11-18(19)29-27)20(21(24)26-17)13-4-2-1-3-5-13;23-15-8-6-14(7-9-15)22(25)28-19-12-17-16(10-11-18(19)27)20(21(24)26-17)13-4-2-1-3-5-13;23-21-20(13-4-2-1-3-5-13)16-10-11-18(29-27)19(12-17(16)25-21)28-22(24)14-6-8-15(26)9-7-14;23-21-20(13-4-2-1-3-5-13)16-10-11-18(27)19(12-17(16)25-21)28-22(24)14-6-8-15(26)9-7-14/h1-12,27-28H;1-12,23,27H;1-12,23-24H;1-12,26-27H;1-12,23,26H. The molecule has 20 rings (SSSR count). The van der Waals surface area contributed by atoms with Gasteiger partial charge in [-0.2, -0.15) is 0 Å². The molecule has 0 amide bonds. The Balaban J connectivity index is 0.000000128. The number of phenolic OH excluding ortho intramolecular Hbond substituents is 2. The summed E-state index contributed by atoms with van der Waals surface area (Å²) in [7, 11) is 3.58. The summed E-state index contributed by atoms with van der Waals surface area (Å²) in [6.07, 6.45) is 0. The molecule has 5 heterocycles. The van der Waals surface area contributed by atoms with Crippen molar-refractivity contribution < 1.29 is 71.2 Å². The van der Waals surface area contributed by atoms with Gasteiger partial charge in [0, 0.05) is 99.8 Å². The van der Waals surface area contributed by atoms with Gasteiger partial charge in [0.25, 0.3) is 11.9 Å². The molecule has 0 fully saturated rings. The summed E-state index contributed by atoms with van der Waals surface area (Å²) in [5.41, 5.74) is 10.7. The van der Waals surface area contributed by atoms with Crippen LogP contribution >= 0.6 is 177 Å². The van der Waals surface area contributed by atoms with Gasteiger partial charge in [0.2, 0.25) is 20.5 Å². The van der Waals surface area contributed by atoms with Gasteiger partial charge in [0.15, 0.2) is 0 Å². The van der Waals surface area contributed by atoms with Crippen molar-refractivity contribution >= 4 is 225 Å². The van der Waals surface area contributed by atoms with Gasteiger partial charge in [-0.05, 0) is 281 Å². The van der Waals surface area contributed by atoms with Gasteiger partial charge in [0.05, 0.1) is 47.3 Å². The van der Waals surface area contributed by atoms with Crippen molar-refractivity contribution in [2.75, 3.05) is 0 Å². The van der Waals surface area contributed by atoms with Crippen LogP contribution in [0, 0.1) is 9.02 Å². The molecule has 143 heavy (non-hydrogen) atoms. The van der Waals surface area contributed by atoms with Gasteiger partial charge in [-0.3, -0.25) is 19.2 Å². The van der Waals surface area contributed by atoms with E-state index in [9.17, 15) is 58.8 Å². The number of aromatic hydroxyl groups is 4. The summed E-state index contributed by atoms with van der Waals surface area (Å²) in [5, 5.41) is 40.3. The van der Waals surface area contributed by atoms with Crippen LogP contribution in [0.1, 0.15) is 51.8 Å². The molecule has 14 aromatic rings. The minimum Gasteiger partial charge on any atom is -0.508 e. The first-order chi connectivity index (χ1) is 69.2. The lowest BCUT2D eigenvalue weighted by Crippen LogP contribution is -2.08. The number of thioether (sulfide) groups is 4. The molecule has 0 saturated carbocycles. The average Bonchev–Trinajstić information content (AvgIpc) is 1.65. The van der Waals surface area contributed by atoms with Crippen molar-refractivity contribution in [3.63, 3.8) is 0 Å². The number of fused-ring (bicyclic) bond motifs is 5. The minimum atomic E-state index is -0.529. The lowest BCUT2D eigenvalue weighted by Gasteiger charge is -2.06. The van der Waals surface area contributed by atoms with E-state index in [1.54, 1.807) is 158 Å². The molecular formula is C110H70O18S15. The number of carbonyl (C=O) groups excluding carboxylic acids is 5. The molecule has 708 valence electrons. The zero-order valence-corrected chi connectivity index (χ0v) is 86.2. The molecule has 4 N–H and O–H groups in total. The van der Waals surface area contributed by atoms with Crippen molar-refractivity contribution in [3.05, 3.63) is 432 Å². The van der Waals surface area contributed by atoms with E-state index in [0.717, 1.165) is 116 Å². The van der Waals surface area contributed by atoms with Crippen molar-refractivity contribution in [2.45, 2.75) is 49.0 Å². The summed E-state index contributed by atoms with van der Waals surface area (Å²) in [4.78, 5) is 108. The van der Waals surface area contributed by atoms with E-state index in [-0.39, 0.29) is 49.6 Å². The number of furan rings is 5. The molecule has 6 aliphatic rings. The Kier molecular flexibility index (Phi) is 34.6. The van der Waals surface area contributed by atoms with E-state index in [1.165, 1.54) is 45.9 Å². The van der Waals surface area contributed by atoms with E-state index in [2.05, 4.69) is 72.9 Å². The quantitative estimate of drug-likeness (QED) is 0.0126. The van der Waals surface area contributed by atoms with Gasteiger partial charge < -0.3 is 47.2 Å². The van der Waals surface area contributed by atoms with Gasteiger partial charge in [0.1, 0.15) is 45.7 Å². The van der Waals surface area contributed by atoms with E-state index >= 15 is 0 Å². The number of phenols is 2. The molecule has 3 aliphatic carbocycles. The predicted molar refractivity (Wildman–Crippen MR) is 597 cm³/mol. The topological polar surface area (TPSA) is 292 Å². The highest BCUT2D eigenvalue weighted by atomic mass is 33.1. The Hall–Kier alpha value is -12.9. The summed E-state index contributed by atoms with van der Waals surface area (Å²) >= 11 is 40.6. The SMILES string of the molecule is O=C(Oc1cc2oc(=O)c(-c3ccccc3)c-2ccc1SS)c1ccc(S)cc1.O=C(Sc1cc2oc(=O)c(-c3ccccc3)c-2ccc1SS)c1ccc(O)cc1.O=C(Sc1cc2oc(=O)c(-c3ccccc3)c-2ccc1SS)c1ccc(S)cc1.O=C(Sc1cc2oc(O)c(-c3ccccc3)c2ccc1=S)c1ccc(O)cc1.O=C(Sc1cc2oc(O)c(-c3ccccc3)c2ccc1=S)c1ccc(S)cc1. The summed E-state index contributed by atoms with van der Waals surface area (Å²) in [6, 6.07) is 106. The molecule has 0 bridgehead atoms. The smallest absolute Gasteiger partial charge is 0.344 e. The van der Waals surface area contributed by atoms with Crippen LogP contribution in [0.2, 0.25) is 0 Å². The third-order valence-electron chi connectivity index (χ3n) is 21.4. The Labute approximate surface area is 887 Å². The zero-order valence-electron chi connectivity index (χ0n) is 73.5. The molecule has 0 atom stereocenters. The fourth-order valence-electron chi connectivity index (χ4n) is 14.5. The number of hydrogen-bond acceptors (Lipinski definition) is 33. The third-order valence-corrected chi connectivity index (χ3v) is 30.9. The third kappa shape index (κ3) is 25.1. The molecule has 33 heteroatoms. The zero-order chi connectivity index (χ0) is 100. The number of carbonyl (C=O) groups is 5. The van der Waals surface area contributed by atoms with Crippen LogP contribution in [-0.2, 0) is 0 Å². The number of hydrogen-bond donors (Lipinski definition) is 10. The average molecular weight is 2160 g/mol. The van der Waals surface area contributed by atoms with Crippen LogP contribution in [0.15, 0.2) is 449 Å². The Bertz CT molecular complexity index is 7670. The maximum atomic E-state index is 12.7. The molecule has 3 aliphatic heterocycles. The van der Waals surface area contributed by atoms with Crippen molar-refractivity contribution in [3.8, 4) is 119 Å². The second-order valence-corrected chi connectivity index (χ2v) is 40.6. The van der Waals surface area contributed by atoms with E-state index in [4.69, 9.17) is 51.3 Å². The van der Waals surface area contributed by atoms with Crippen LogP contribution < -0.4 is 21.6 Å². The first-order valence-electron chi connectivity index (χ1n) is 42.4. The van der Waals surface area contributed by atoms with Gasteiger partial charge >= 0.3 is 22.8 Å². The molecular weight excluding hydrogens is 2090 g/mol. The molecule has 0 unspecified atom stereocenters. The number of rotatable bonds is 18. The molecule has 0 saturated heterocycles. The second-order valence-electron chi connectivity index (χ2n) is 30.6. The van der Waals surface area contributed by atoms with Crippen LogP contribution in [0.4, 0.5) is 0 Å². The number of ether oxygens (including phenoxy) is 1. The maximum absolute atomic E-state index is 12.7. The fraction of sp³-hybridized carbons (Fsp3) is 0. The second kappa shape index (κ2) is 48.0. The van der Waals surface area contributed by atoms with E-state index < -0.39 is 22.8 Å². The molecule has 12 aromatic carbocycles. The monoisotopic (exact) mass is 2160 g/mol. The van der Waals surface area contributed by atoms with Crippen LogP contribution in [0.5, 0.6) is 29.1 Å². The lowest BCUT2D eigenvalue weighted by atomic mass is 10.0. The lowest BCUT2D eigenvalue weighted by molar-refractivity contribution is 0.0729. The minimum absolute atomic E-state index is 0.0952.